The summed E-state index contributed by atoms with van der Waals surface area (Å²) < 4.78 is 0. The fraction of sp³-hybridized carbons (Fsp3) is 0.783. The van der Waals surface area contributed by atoms with Crippen molar-refractivity contribution in [3.63, 3.8) is 0 Å². The predicted molar refractivity (Wildman–Crippen MR) is 99.7 cm³/mol. The third-order valence-electron chi connectivity index (χ3n) is 8.18. The van der Waals surface area contributed by atoms with Gasteiger partial charge in [-0.15, -0.1) is 5.92 Å². The summed E-state index contributed by atoms with van der Waals surface area (Å²) in [5.41, 5.74) is 0.686. The number of fused-ring (bicyclic) bond motifs is 5. The number of hydrogen-bond acceptors (Lipinski definition) is 2. The van der Waals surface area contributed by atoms with Crippen LogP contribution in [0.15, 0.2) is 11.6 Å². The van der Waals surface area contributed by atoms with Crippen LogP contribution in [0, 0.1) is 40.9 Å². The molecule has 0 aromatic rings. The highest BCUT2D eigenvalue weighted by Gasteiger charge is 2.63. The molecular weight excluding hydrogens is 308 g/mol. The minimum atomic E-state index is -0.772. The smallest absolute Gasteiger partial charge is 0.155 e. The lowest BCUT2D eigenvalue weighted by Gasteiger charge is -2.56. The molecule has 0 spiro atoms. The van der Waals surface area contributed by atoms with Crippen LogP contribution in [0.2, 0.25) is 0 Å². The standard InChI is InChI=1S/C23H32O2/c1-3-11-22-13-9-19-18-8-6-17(24)15-16(18)5-7-20(19)21(22)10-14-23(22,25)12-4-2/h15,18-21,25H,3,5-11,13-14H2,1-2H3/t18-,19+,20+,21-,22-,23-/m0/s1. The average molecular weight is 341 g/mol. The Morgan fingerprint density at radius 2 is 2.00 bits per heavy atom. The summed E-state index contributed by atoms with van der Waals surface area (Å²) in [6.07, 6.45) is 12.7. The first kappa shape index (κ1) is 17.3. The van der Waals surface area contributed by atoms with Crippen LogP contribution in [0.4, 0.5) is 0 Å². The molecule has 3 fully saturated rings. The van der Waals surface area contributed by atoms with E-state index in [2.05, 4.69) is 18.8 Å². The molecule has 4 aliphatic rings. The van der Waals surface area contributed by atoms with Crippen molar-refractivity contribution in [2.75, 3.05) is 0 Å². The van der Waals surface area contributed by atoms with E-state index in [1.54, 1.807) is 0 Å². The van der Waals surface area contributed by atoms with Gasteiger partial charge in [0.15, 0.2) is 5.78 Å². The van der Waals surface area contributed by atoms with E-state index in [0.717, 1.165) is 63.2 Å². The molecule has 0 saturated heterocycles. The molecule has 0 aromatic heterocycles. The first-order chi connectivity index (χ1) is 12.0. The average Bonchev–Trinajstić information content (AvgIpc) is 2.88. The van der Waals surface area contributed by atoms with Crippen LogP contribution >= 0.6 is 0 Å². The molecule has 0 radical (unpaired) electrons. The molecule has 4 rings (SSSR count). The maximum Gasteiger partial charge on any atom is 0.155 e. The van der Waals surface area contributed by atoms with Crippen LogP contribution in [0.3, 0.4) is 0 Å². The summed E-state index contributed by atoms with van der Waals surface area (Å²) in [5, 5.41) is 11.5. The first-order valence-corrected chi connectivity index (χ1v) is 10.4. The molecule has 0 aliphatic heterocycles. The summed E-state index contributed by atoms with van der Waals surface area (Å²) in [7, 11) is 0. The van der Waals surface area contributed by atoms with Gasteiger partial charge in [0.25, 0.3) is 0 Å². The maximum atomic E-state index is 11.8. The highest BCUT2D eigenvalue weighted by Crippen LogP contribution is 2.66. The topological polar surface area (TPSA) is 37.3 Å². The molecule has 25 heavy (non-hydrogen) atoms. The first-order valence-electron chi connectivity index (χ1n) is 10.4. The van der Waals surface area contributed by atoms with Crippen molar-refractivity contribution in [3.8, 4) is 11.8 Å². The van der Waals surface area contributed by atoms with Crippen LogP contribution in [-0.4, -0.2) is 16.5 Å². The second-order valence-corrected chi connectivity index (χ2v) is 9.02. The van der Waals surface area contributed by atoms with Gasteiger partial charge in [0.2, 0.25) is 0 Å². The lowest BCUT2D eigenvalue weighted by atomic mass is 9.49. The van der Waals surface area contributed by atoms with Gasteiger partial charge in [0.1, 0.15) is 5.60 Å². The molecule has 136 valence electrons. The Kier molecular flexibility index (Phi) is 4.35. The number of carbonyl (C=O) groups excluding carboxylic acids is 1. The van der Waals surface area contributed by atoms with Gasteiger partial charge in [0, 0.05) is 11.8 Å². The Balaban J connectivity index is 1.67. The van der Waals surface area contributed by atoms with Crippen molar-refractivity contribution in [1.82, 2.24) is 0 Å². The Morgan fingerprint density at radius 3 is 2.76 bits per heavy atom. The summed E-state index contributed by atoms with van der Waals surface area (Å²) in [6.45, 7) is 4.12. The van der Waals surface area contributed by atoms with Crippen LogP contribution in [-0.2, 0) is 4.79 Å². The van der Waals surface area contributed by atoms with E-state index in [-0.39, 0.29) is 5.41 Å². The molecule has 0 amide bonds. The summed E-state index contributed by atoms with van der Waals surface area (Å²) in [4.78, 5) is 11.8. The molecule has 4 aliphatic carbocycles. The van der Waals surface area contributed by atoms with Crippen molar-refractivity contribution in [2.24, 2.45) is 29.1 Å². The lowest BCUT2D eigenvalue weighted by molar-refractivity contribution is -0.117. The molecular formula is C23H32O2. The van der Waals surface area contributed by atoms with Crippen molar-refractivity contribution >= 4 is 5.78 Å². The zero-order valence-corrected chi connectivity index (χ0v) is 15.8. The van der Waals surface area contributed by atoms with E-state index in [9.17, 15) is 9.90 Å². The van der Waals surface area contributed by atoms with E-state index < -0.39 is 5.60 Å². The Morgan fingerprint density at radius 1 is 1.16 bits per heavy atom. The van der Waals surface area contributed by atoms with Gasteiger partial charge in [-0.3, -0.25) is 4.79 Å². The van der Waals surface area contributed by atoms with E-state index >= 15 is 0 Å². The maximum absolute atomic E-state index is 11.8. The zero-order valence-electron chi connectivity index (χ0n) is 15.8. The van der Waals surface area contributed by atoms with Gasteiger partial charge < -0.3 is 5.11 Å². The SMILES string of the molecule is CC#C[C@]1(O)CC[C@H]2[C@@H]3CCC4=CC(=O)CC[C@@H]4[C@H]3CC[C@@]21CCC. The fourth-order valence-corrected chi connectivity index (χ4v) is 7.37. The van der Waals surface area contributed by atoms with Gasteiger partial charge >= 0.3 is 0 Å². The molecule has 3 saturated carbocycles. The Bertz CT molecular complexity index is 651. The third-order valence-corrected chi connectivity index (χ3v) is 8.18. The van der Waals surface area contributed by atoms with Crippen LogP contribution in [0.1, 0.15) is 78.1 Å². The van der Waals surface area contributed by atoms with Crippen molar-refractivity contribution in [1.29, 1.82) is 0 Å². The van der Waals surface area contributed by atoms with Gasteiger partial charge in [-0.1, -0.05) is 24.8 Å². The summed E-state index contributed by atoms with van der Waals surface area (Å²) in [6, 6.07) is 0. The van der Waals surface area contributed by atoms with Gasteiger partial charge in [-0.25, -0.2) is 0 Å². The van der Waals surface area contributed by atoms with Crippen molar-refractivity contribution in [2.45, 2.75) is 83.7 Å². The molecule has 2 heteroatoms. The number of aliphatic hydroxyl groups is 1. The molecule has 0 aromatic carbocycles. The van der Waals surface area contributed by atoms with Crippen molar-refractivity contribution in [3.05, 3.63) is 11.6 Å². The van der Waals surface area contributed by atoms with Gasteiger partial charge in [0.05, 0.1) is 0 Å². The van der Waals surface area contributed by atoms with Crippen LogP contribution in [0.25, 0.3) is 0 Å². The second kappa shape index (κ2) is 6.27. The largest absolute Gasteiger partial charge is 0.377 e. The highest BCUT2D eigenvalue weighted by molar-refractivity contribution is 5.91. The van der Waals surface area contributed by atoms with E-state index in [1.807, 2.05) is 13.0 Å². The quantitative estimate of drug-likeness (QED) is 0.742. The number of hydrogen-bond donors (Lipinski definition) is 1. The molecule has 0 unspecified atom stereocenters. The summed E-state index contributed by atoms with van der Waals surface area (Å²) >= 11 is 0. The third kappa shape index (κ3) is 2.46. The predicted octanol–water partition coefficient (Wildman–Crippen LogP) is 4.66. The fourth-order valence-electron chi connectivity index (χ4n) is 7.37. The van der Waals surface area contributed by atoms with Gasteiger partial charge in [-0.2, -0.15) is 0 Å². The van der Waals surface area contributed by atoms with Gasteiger partial charge in [-0.05, 0) is 88.0 Å². The monoisotopic (exact) mass is 340 g/mol. The van der Waals surface area contributed by atoms with E-state index in [0.29, 0.717) is 17.6 Å². The summed E-state index contributed by atoms with van der Waals surface area (Å²) in [5.74, 6) is 9.36. The Hall–Kier alpha value is -1.07. The molecule has 0 heterocycles. The highest BCUT2D eigenvalue weighted by atomic mass is 16.3. The van der Waals surface area contributed by atoms with E-state index in [1.165, 1.54) is 18.4 Å². The normalized spacial score (nSPS) is 45.6. The number of rotatable bonds is 2. The minimum absolute atomic E-state index is 0.0115. The number of ketones is 1. The Labute approximate surface area is 152 Å². The van der Waals surface area contributed by atoms with Crippen molar-refractivity contribution < 1.29 is 9.90 Å². The van der Waals surface area contributed by atoms with E-state index in [4.69, 9.17) is 0 Å². The minimum Gasteiger partial charge on any atom is -0.377 e. The lowest BCUT2D eigenvalue weighted by Crippen LogP contribution is -2.53. The molecule has 1 N–H and O–H groups in total. The molecule has 0 bridgehead atoms. The zero-order chi connectivity index (χ0) is 17.7. The van der Waals surface area contributed by atoms with Crippen LogP contribution in [0.5, 0.6) is 0 Å². The molecule has 2 nitrogen and oxygen atoms in total. The second-order valence-electron chi connectivity index (χ2n) is 9.02. The van der Waals surface area contributed by atoms with Crippen LogP contribution < -0.4 is 0 Å². The molecule has 6 atom stereocenters. The number of carbonyl (C=O) groups is 1. The number of allylic oxidation sites excluding steroid dienone is 1.